The van der Waals surface area contributed by atoms with E-state index in [0.717, 1.165) is 12.8 Å². The molecule has 2 saturated heterocycles. The van der Waals surface area contributed by atoms with Crippen LogP contribution in [0, 0.1) is 5.92 Å². The number of carboxylic acids is 1. The van der Waals surface area contributed by atoms with Crippen molar-refractivity contribution in [3.63, 3.8) is 0 Å². The van der Waals surface area contributed by atoms with Crippen LogP contribution >= 0.6 is 0 Å². The zero-order valence-corrected chi connectivity index (χ0v) is 18.0. The number of amides is 4. The molecule has 2 aliphatic heterocycles. The van der Waals surface area contributed by atoms with Crippen LogP contribution in [0.5, 0.6) is 0 Å². The highest BCUT2D eigenvalue weighted by molar-refractivity contribution is 5.77. The lowest BCUT2D eigenvalue weighted by molar-refractivity contribution is -0.138. The molecule has 31 heavy (non-hydrogen) atoms. The number of likely N-dealkylation sites (tertiary alicyclic amines) is 1. The number of carbonyl (C=O) groups is 4. The fourth-order valence-corrected chi connectivity index (χ4v) is 3.51. The van der Waals surface area contributed by atoms with E-state index in [1.165, 1.54) is 0 Å². The fourth-order valence-electron chi connectivity index (χ4n) is 3.51. The van der Waals surface area contributed by atoms with Crippen molar-refractivity contribution in [2.75, 3.05) is 59.0 Å². The maximum Gasteiger partial charge on any atom is 0.409 e. The summed E-state index contributed by atoms with van der Waals surface area (Å²) >= 11 is 0. The molecule has 0 aliphatic carbocycles. The van der Waals surface area contributed by atoms with Gasteiger partial charge in [0, 0.05) is 45.8 Å². The summed E-state index contributed by atoms with van der Waals surface area (Å²) < 4.78 is 10.3. The number of nitrogens with one attached hydrogen (secondary N) is 1. The van der Waals surface area contributed by atoms with E-state index in [1.807, 2.05) is 0 Å². The van der Waals surface area contributed by atoms with Crippen LogP contribution in [-0.2, 0) is 14.3 Å². The van der Waals surface area contributed by atoms with Crippen LogP contribution in [0.15, 0.2) is 0 Å². The van der Waals surface area contributed by atoms with Crippen LogP contribution in [0.2, 0.25) is 0 Å². The molecule has 2 rings (SSSR count). The second-order valence-electron chi connectivity index (χ2n) is 7.64. The Bertz CT molecular complexity index is 631. The number of carboxylic acid groups (broad SMARTS) is 1. The van der Waals surface area contributed by atoms with Crippen LogP contribution in [0.3, 0.4) is 0 Å². The summed E-state index contributed by atoms with van der Waals surface area (Å²) in [6.07, 6.45) is 1.55. The quantitative estimate of drug-likeness (QED) is 0.501. The average Bonchev–Trinajstić information content (AvgIpc) is 2.77. The van der Waals surface area contributed by atoms with Crippen molar-refractivity contribution in [1.82, 2.24) is 20.0 Å². The number of carbonyl (C=O) groups excluding carboxylic acids is 3. The number of nitrogens with zero attached hydrogens (tertiary/aromatic N) is 3. The number of piperidine rings is 1. The maximum absolute atomic E-state index is 12.2. The second-order valence-corrected chi connectivity index (χ2v) is 7.64. The van der Waals surface area contributed by atoms with Gasteiger partial charge in [-0.3, -0.25) is 4.79 Å². The number of rotatable bonds is 7. The van der Waals surface area contributed by atoms with Crippen molar-refractivity contribution in [3.05, 3.63) is 0 Å². The Morgan fingerprint density at radius 2 is 1.52 bits per heavy atom. The van der Waals surface area contributed by atoms with Gasteiger partial charge in [0.15, 0.2) is 0 Å². The van der Waals surface area contributed by atoms with Crippen LogP contribution in [0.25, 0.3) is 0 Å². The Morgan fingerprint density at radius 3 is 2.03 bits per heavy atom. The minimum Gasteiger partial charge on any atom is -0.480 e. The molecule has 1 atom stereocenters. The largest absolute Gasteiger partial charge is 0.480 e. The molecule has 12 heteroatoms. The molecule has 2 fully saturated rings. The molecule has 4 N–H and O–H groups in total. The molecular formula is C19H33N5O7. The van der Waals surface area contributed by atoms with Crippen LogP contribution in [0.4, 0.5) is 14.4 Å². The van der Waals surface area contributed by atoms with Crippen molar-refractivity contribution in [2.24, 2.45) is 11.7 Å². The smallest absolute Gasteiger partial charge is 0.409 e. The Morgan fingerprint density at radius 1 is 0.968 bits per heavy atom. The number of piperazine rings is 1. The van der Waals surface area contributed by atoms with E-state index in [4.69, 9.17) is 20.3 Å². The van der Waals surface area contributed by atoms with Crippen molar-refractivity contribution in [3.8, 4) is 0 Å². The zero-order valence-electron chi connectivity index (χ0n) is 18.0. The van der Waals surface area contributed by atoms with E-state index in [0.29, 0.717) is 64.8 Å². The highest BCUT2D eigenvalue weighted by Gasteiger charge is 2.27. The van der Waals surface area contributed by atoms with Crippen LogP contribution < -0.4 is 11.1 Å². The maximum atomic E-state index is 12.2. The lowest BCUT2D eigenvalue weighted by atomic mass is 9.94. The number of ether oxygens (including phenoxy) is 2. The van der Waals surface area contributed by atoms with Gasteiger partial charge < -0.3 is 40.3 Å². The summed E-state index contributed by atoms with van der Waals surface area (Å²) in [6.45, 7) is 5.06. The summed E-state index contributed by atoms with van der Waals surface area (Å²) in [7, 11) is 0. The summed E-state index contributed by atoms with van der Waals surface area (Å²) in [5.41, 5.74) is 5.38. The van der Waals surface area contributed by atoms with Gasteiger partial charge in [0.05, 0.1) is 13.2 Å². The molecule has 0 spiro atoms. The molecule has 4 amide bonds. The fraction of sp³-hybridized carbons (Fsp3) is 0.789. The molecule has 0 saturated carbocycles. The predicted octanol–water partition coefficient (Wildman–Crippen LogP) is 0.121. The molecule has 0 aromatic carbocycles. The Hall–Kier alpha value is -2.76. The molecule has 2 aliphatic rings. The molecule has 176 valence electrons. The molecular weight excluding hydrogens is 410 g/mol. The first-order valence-corrected chi connectivity index (χ1v) is 10.7. The SMILES string of the molecule is CCOC(=O)N1CCN(C(=O)OCCC2CCN(C(=O)NCC(N)C(=O)O)CC2)CC1. The van der Waals surface area contributed by atoms with Gasteiger partial charge in [-0.05, 0) is 32.1 Å². The first kappa shape index (κ1) is 24.5. The minimum atomic E-state index is -1.16. The molecule has 0 aromatic heterocycles. The number of hydrogen-bond donors (Lipinski definition) is 3. The first-order chi connectivity index (χ1) is 14.8. The predicted molar refractivity (Wildman–Crippen MR) is 109 cm³/mol. The standard InChI is InChI=1S/C19H33N5O7/c1-2-30-18(28)23-8-10-24(11-9-23)19(29)31-12-5-14-3-6-22(7-4-14)17(27)21-13-15(20)16(25)26/h14-15H,2-13,20H2,1H3,(H,21,27)(H,25,26). The number of hydrogen-bond acceptors (Lipinski definition) is 7. The third-order valence-corrected chi connectivity index (χ3v) is 5.51. The zero-order chi connectivity index (χ0) is 22.8. The third kappa shape index (κ3) is 7.78. The lowest BCUT2D eigenvalue weighted by Gasteiger charge is -2.34. The van der Waals surface area contributed by atoms with Gasteiger partial charge in [0.25, 0.3) is 0 Å². The van der Waals surface area contributed by atoms with Gasteiger partial charge in [0.2, 0.25) is 0 Å². The molecule has 2 heterocycles. The average molecular weight is 444 g/mol. The monoisotopic (exact) mass is 443 g/mol. The van der Waals surface area contributed by atoms with Crippen LogP contribution in [-0.4, -0.2) is 109 Å². The molecule has 0 aromatic rings. The van der Waals surface area contributed by atoms with Gasteiger partial charge in [0.1, 0.15) is 6.04 Å². The topological polar surface area (TPSA) is 155 Å². The summed E-state index contributed by atoms with van der Waals surface area (Å²) in [5.74, 6) is -0.812. The van der Waals surface area contributed by atoms with E-state index in [2.05, 4.69) is 5.32 Å². The lowest BCUT2D eigenvalue weighted by Crippen LogP contribution is -2.51. The van der Waals surface area contributed by atoms with E-state index in [1.54, 1.807) is 21.6 Å². The summed E-state index contributed by atoms with van der Waals surface area (Å²) in [5, 5.41) is 11.3. The van der Waals surface area contributed by atoms with Crippen molar-refractivity contribution in [2.45, 2.75) is 32.2 Å². The Kier molecular flexibility index (Phi) is 9.63. The first-order valence-electron chi connectivity index (χ1n) is 10.7. The normalized spacial score (nSPS) is 18.3. The van der Waals surface area contributed by atoms with E-state index < -0.39 is 12.0 Å². The Balaban J connectivity index is 1.58. The molecule has 0 bridgehead atoms. The minimum absolute atomic E-state index is 0.113. The van der Waals surface area contributed by atoms with Crippen molar-refractivity contribution in [1.29, 1.82) is 0 Å². The second kappa shape index (κ2) is 12.2. The van der Waals surface area contributed by atoms with Gasteiger partial charge >= 0.3 is 24.2 Å². The van der Waals surface area contributed by atoms with E-state index >= 15 is 0 Å². The van der Waals surface area contributed by atoms with Gasteiger partial charge in [-0.2, -0.15) is 0 Å². The molecule has 12 nitrogen and oxygen atoms in total. The van der Waals surface area contributed by atoms with E-state index in [-0.39, 0.29) is 24.8 Å². The van der Waals surface area contributed by atoms with Crippen molar-refractivity contribution < 1.29 is 33.8 Å². The number of nitrogens with two attached hydrogens (primary N) is 1. The van der Waals surface area contributed by atoms with Gasteiger partial charge in [-0.25, -0.2) is 14.4 Å². The molecule has 0 radical (unpaired) electrons. The van der Waals surface area contributed by atoms with Gasteiger partial charge in [-0.15, -0.1) is 0 Å². The third-order valence-electron chi connectivity index (χ3n) is 5.51. The number of urea groups is 1. The highest BCUT2D eigenvalue weighted by atomic mass is 16.6. The summed E-state index contributed by atoms with van der Waals surface area (Å²) in [4.78, 5) is 51.5. The Labute approximate surface area is 181 Å². The van der Waals surface area contributed by atoms with E-state index in [9.17, 15) is 19.2 Å². The highest BCUT2D eigenvalue weighted by Crippen LogP contribution is 2.20. The van der Waals surface area contributed by atoms with Crippen molar-refractivity contribution >= 4 is 24.2 Å². The molecule has 1 unspecified atom stereocenters. The summed E-state index contributed by atoms with van der Waals surface area (Å²) in [6, 6.07) is -1.44. The van der Waals surface area contributed by atoms with Gasteiger partial charge in [-0.1, -0.05) is 0 Å². The number of aliphatic carboxylic acids is 1. The van der Waals surface area contributed by atoms with Crippen LogP contribution in [0.1, 0.15) is 26.2 Å².